The van der Waals surface area contributed by atoms with Crippen molar-refractivity contribution in [3.8, 4) is 5.75 Å². The Balaban J connectivity index is 1.72. The molecule has 0 fully saturated rings. The van der Waals surface area contributed by atoms with Gasteiger partial charge < -0.3 is 9.47 Å². The monoisotopic (exact) mass is 667 g/mol. The predicted octanol–water partition coefficient (Wildman–Crippen LogP) is 4.42. The van der Waals surface area contributed by atoms with Crippen LogP contribution < -0.4 is 19.6 Å². The molecule has 2 aromatic carbocycles. The van der Waals surface area contributed by atoms with E-state index in [1.807, 2.05) is 0 Å². The first-order valence-electron chi connectivity index (χ1n) is 12.5. The molecular formula is C28H22BrN5O6S2. The van der Waals surface area contributed by atoms with Crippen molar-refractivity contribution in [1.82, 2.24) is 14.5 Å². The molecule has 5 rings (SSSR count). The number of hydrogen-bond acceptors (Lipinski definition) is 11. The number of rotatable bonds is 8. The summed E-state index contributed by atoms with van der Waals surface area (Å²) in [4.78, 5) is 52.3. The normalized spacial score (nSPS) is 14.8. The maximum absolute atomic E-state index is 14.0. The number of hydrogen-bond donors (Lipinski definition) is 0. The summed E-state index contributed by atoms with van der Waals surface area (Å²) in [6, 6.07) is 10.5. The van der Waals surface area contributed by atoms with Gasteiger partial charge in [-0.3, -0.25) is 19.5 Å². The zero-order valence-corrected chi connectivity index (χ0v) is 25.7. The van der Waals surface area contributed by atoms with Crippen LogP contribution in [0.2, 0.25) is 0 Å². The van der Waals surface area contributed by atoms with E-state index in [0.717, 1.165) is 11.3 Å². The lowest BCUT2D eigenvalue weighted by atomic mass is 9.96. The fraction of sp³-hybridized carbons (Fsp3) is 0.179. The quantitative estimate of drug-likeness (QED) is 0.116. The van der Waals surface area contributed by atoms with E-state index in [-0.39, 0.29) is 22.4 Å². The van der Waals surface area contributed by atoms with Crippen LogP contribution in [0.3, 0.4) is 0 Å². The van der Waals surface area contributed by atoms with Crippen LogP contribution in [-0.4, -0.2) is 39.1 Å². The van der Waals surface area contributed by atoms with E-state index in [1.54, 1.807) is 69.8 Å². The average molecular weight is 669 g/mol. The molecule has 14 heteroatoms. The van der Waals surface area contributed by atoms with E-state index < -0.39 is 22.5 Å². The van der Waals surface area contributed by atoms with E-state index >= 15 is 0 Å². The van der Waals surface area contributed by atoms with Crippen molar-refractivity contribution in [2.24, 2.45) is 4.99 Å². The zero-order valence-electron chi connectivity index (χ0n) is 22.4. The highest BCUT2D eigenvalue weighted by Crippen LogP contribution is 2.35. The van der Waals surface area contributed by atoms with Gasteiger partial charge in [-0.2, -0.15) is 0 Å². The summed E-state index contributed by atoms with van der Waals surface area (Å²) >= 11 is 5.84. The molecule has 3 heterocycles. The van der Waals surface area contributed by atoms with Gasteiger partial charge in [0.05, 0.1) is 45.0 Å². The van der Waals surface area contributed by atoms with Crippen molar-refractivity contribution in [3.63, 3.8) is 0 Å². The Kier molecular flexibility index (Phi) is 8.66. The summed E-state index contributed by atoms with van der Waals surface area (Å²) < 4.78 is 13.1. The highest BCUT2D eigenvalue weighted by Gasteiger charge is 2.33. The van der Waals surface area contributed by atoms with Gasteiger partial charge in [0.1, 0.15) is 5.75 Å². The van der Waals surface area contributed by atoms with Crippen LogP contribution in [-0.2, 0) is 9.53 Å². The number of aromatic nitrogens is 3. The summed E-state index contributed by atoms with van der Waals surface area (Å²) in [7, 11) is 1.54. The van der Waals surface area contributed by atoms with Gasteiger partial charge in [0.25, 0.3) is 11.2 Å². The smallest absolute Gasteiger partial charge is 0.338 e. The Morgan fingerprint density at radius 2 is 2.00 bits per heavy atom. The van der Waals surface area contributed by atoms with Crippen molar-refractivity contribution >= 4 is 56.8 Å². The predicted molar refractivity (Wildman–Crippen MR) is 160 cm³/mol. The first-order chi connectivity index (χ1) is 20.2. The average Bonchev–Trinajstić information content (AvgIpc) is 3.27. The molecule has 214 valence electrons. The number of allylic oxidation sites excluding steroid dienone is 1. The third-order valence-electron chi connectivity index (χ3n) is 6.24. The lowest BCUT2D eigenvalue weighted by molar-refractivity contribution is -0.384. The fourth-order valence-electron chi connectivity index (χ4n) is 4.39. The van der Waals surface area contributed by atoms with Crippen LogP contribution >= 0.6 is 39.0 Å². The van der Waals surface area contributed by atoms with Crippen LogP contribution in [0.25, 0.3) is 6.08 Å². The third-order valence-corrected chi connectivity index (χ3v) is 8.83. The molecule has 0 unspecified atom stereocenters. The van der Waals surface area contributed by atoms with Crippen LogP contribution in [0.1, 0.15) is 31.0 Å². The Bertz CT molecular complexity index is 1920. The number of ether oxygens (including phenoxy) is 2. The van der Waals surface area contributed by atoms with Crippen LogP contribution in [0.5, 0.6) is 5.75 Å². The second kappa shape index (κ2) is 12.4. The number of esters is 1. The van der Waals surface area contributed by atoms with Gasteiger partial charge in [0.2, 0.25) is 0 Å². The molecule has 0 saturated heterocycles. The molecule has 0 amide bonds. The number of carbonyl (C=O) groups excluding carboxylic acids is 1. The van der Waals surface area contributed by atoms with E-state index in [2.05, 4.69) is 30.9 Å². The summed E-state index contributed by atoms with van der Waals surface area (Å²) in [5.74, 6) is 0.00726. The van der Waals surface area contributed by atoms with Crippen LogP contribution in [0.4, 0.5) is 5.69 Å². The number of thiazole rings is 1. The molecule has 11 nitrogen and oxygen atoms in total. The Labute approximate surface area is 255 Å². The molecular weight excluding hydrogens is 646 g/mol. The third kappa shape index (κ3) is 5.78. The number of nitrogens with zero attached hydrogens (tertiary/aromatic N) is 5. The zero-order chi connectivity index (χ0) is 30.0. The molecule has 4 aromatic rings. The summed E-state index contributed by atoms with van der Waals surface area (Å²) in [5.41, 5.74) is 1.20. The van der Waals surface area contributed by atoms with Gasteiger partial charge in [-0.15, -0.1) is 0 Å². The maximum Gasteiger partial charge on any atom is 0.338 e. The van der Waals surface area contributed by atoms with Crippen molar-refractivity contribution in [2.45, 2.75) is 29.9 Å². The highest BCUT2D eigenvalue weighted by molar-refractivity contribution is 9.10. The Morgan fingerprint density at radius 3 is 2.67 bits per heavy atom. The minimum Gasteiger partial charge on any atom is -0.496 e. The van der Waals surface area contributed by atoms with Gasteiger partial charge in [0, 0.05) is 29.4 Å². The van der Waals surface area contributed by atoms with Crippen LogP contribution in [0, 0.1) is 10.1 Å². The van der Waals surface area contributed by atoms with Crippen molar-refractivity contribution in [1.29, 1.82) is 0 Å². The summed E-state index contributed by atoms with van der Waals surface area (Å²) in [5, 5.41) is 12.0. The standard InChI is InChI=1S/C28H22BrN5O6S2/c1-4-40-26(36)23-15(2)32-28-33(24(23)16-6-8-20(39-3)19(29)13-16)25(35)22(42-28)14-17-12-18(34(37)38)7-9-21(17)41-27-30-10-5-11-31-27/h5-14,24H,4H2,1-3H3/b22-14+/t24-/m0/s1. The SMILES string of the molecule is CCOC(=O)C1=C(C)N=c2s/c(=C/c3cc([N+](=O)[O-])ccc3Sc3ncccn3)c(=O)n2[C@H]1c1ccc(OC)c(Br)c1. The number of nitro benzene ring substituents is 1. The van der Waals surface area contributed by atoms with Gasteiger partial charge in [-0.25, -0.2) is 19.8 Å². The Morgan fingerprint density at radius 1 is 1.24 bits per heavy atom. The molecule has 0 radical (unpaired) electrons. The van der Waals surface area contributed by atoms with Gasteiger partial charge in [-0.1, -0.05) is 17.4 Å². The van der Waals surface area contributed by atoms with Crippen molar-refractivity contribution in [3.05, 3.63) is 112 Å². The molecule has 1 aliphatic rings. The number of benzene rings is 2. The van der Waals surface area contributed by atoms with Gasteiger partial charge >= 0.3 is 5.97 Å². The van der Waals surface area contributed by atoms with Crippen LogP contribution in [0.15, 0.2) is 90.4 Å². The molecule has 1 atom stereocenters. The first-order valence-corrected chi connectivity index (χ1v) is 14.9. The maximum atomic E-state index is 14.0. The number of carbonyl (C=O) groups is 1. The molecule has 1 aliphatic heterocycles. The number of fused-ring (bicyclic) bond motifs is 1. The van der Waals surface area contributed by atoms with E-state index in [9.17, 15) is 19.7 Å². The number of non-ortho nitro benzene ring substituents is 1. The molecule has 42 heavy (non-hydrogen) atoms. The van der Waals surface area contributed by atoms with E-state index in [1.165, 1.54) is 28.5 Å². The topological polar surface area (TPSA) is 139 Å². The minimum absolute atomic E-state index is 0.131. The fourth-order valence-corrected chi connectivity index (χ4v) is 6.78. The van der Waals surface area contributed by atoms with Gasteiger partial charge in [-0.05, 0) is 83.0 Å². The molecule has 0 bridgehead atoms. The number of nitro groups is 1. The van der Waals surface area contributed by atoms with Gasteiger partial charge in [0.15, 0.2) is 9.96 Å². The highest BCUT2D eigenvalue weighted by atomic mass is 79.9. The second-order valence-electron chi connectivity index (χ2n) is 8.81. The lowest BCUT2D eigenvalue weighted by Gasteiger charge is -2.25. The summed E-state index contributed by atoms with van der Waals surface area (Å²) in [6.45, 7) is 3.55. The largest absolute Gasteiger partial charge is 0.496 e. The van der Waals surface area contributed by atoms with E-state index in [0.29, 0.717) is 41.9 Å². The minimum atomic E-state index is -0.832. The molecule has 0 spiro atoms. The Hall–Kier alpha value is -4.14. The molecule has 2 aromatic heterocycles. The van der Waals surface area contributed by atoms with Crippen molar-refractivity contribution in [2.75, 3.05) is 13.7 Å². The van der Waals surface area contributed by atoms with E-state index in [4.69, 9.17) is 9.47 Å². The summed E-state index contributed by atoms with van der Waals surface area (Å²) in [6.07, 6.45) is 4.78. The van der Waals surface area contributed by atoms with Crippen molar-refractivity contribution < 1.29 is 19.2 Å². The molecule has 0 saturated carbocycles. The molecule has 0 aliphatic carbocycles. The second-order valence-corrected chi connectivity index (χ2v) is 11.7. The first kappa shape index (κ1) is 29.4. The lowest BCUT2D eigenvalue weighted by Crippen LogP contribution is -2.40. The number of halogens is 1. The molecule has 0 N–H and O–H groups in total. The number of methoxy groups -OCH3 is 1.